The topological polar surface area (TPSA) is 76.7 Å². The summed E-state index contributed by atoms with van der Waals surface area (Å²) in [5.74, 6) is 1.00. The van der Waals surface area contributed by atoms with E-state index < -0.39 is 0 Å². The van der Waals surface area contributed by atoms with E-state index in [1.165, 1.54) is 11.8 Å². The SMILES string of the molecule is CCNC(=O)COc1cccc(NC(=O)C(C)Sc2ccc(OC)cc2)c1. The highest BCUT2D eigenvalue weighted by Crippen LogP contribution is 2.26. The van der Waals surface area contributed by atoms with Crippen molar-refractivity contribution in [2.45, 2.75) is 24.0 Å². The third-order valence-electron chi connectivity index (χ3n) is 3.59. The Kier molecular flexibility index (Phi) is 8.00. The summed E-state index contributed by atoms with van der Waals surface area (Å²) in [5, 5.41) is 5.26. The van der Waals surface area contributed by atoms with Crippen molar-refractivity contribution < 1.29 is 19.1 Å². The lowest BCUT2D eigenvalue weighted by molar-refractivity contribution is -0.123. The van der Waals surface area contributed by atoms with E-state index in [9.17, 15) is 9.59 Å². The van der Waals surface area contributed by atoms with Crippen LogP contribution in [0.4, 0.5) is 5.69 Å². The normalized spacial score (nSPS) is 11.4. The molecule has 0 aliphatic heterocycles. The van der Waals surface area contributed by atoms with E-state index in [-0.39, 0.29) is 23.7 Å². The van der Waals surface area contributed by atoms with Crippen LogP contribution in [0.3, 0.4) is 0 Å². The number of carbonyl (C=O) groups is 2. The molecule has 6 nitrogen and oxygen atoms in total. The molecule has 144 valence electrons. The third-order valence-corrected chi connectivity index (χ3v) is 4.70. The van der Waals surface area contributed by atoms with Gasteiger partial charge in [-0.05, 0) is 50.2 Å². The minimum atomic E-state index is -0.279. The molecule has 2 N–H and O–H groups in total. The minimum Gasteiger partial charge on any atom is -0.497 e. The molecule has 0 aliphatic rings. The molecule has 0 saturated carbocycles. The monoisotopic (exact) mass is 388 g/mol. The number of anilines is 1. The summed E-state index contributed by atoms with van der Waals surface area (Å²) in [6.45, 7) is 4.19. The number of benzene rings is 2. The second kappa shape index (κ2) is 10.5. The third kappa shape index (κ3) is 6.86. The predicted octanol–water partition coefficient (Wildman–Crippen LogP) is 3.33. The zero-order valence-electron chi connectivity index (χ0n) is 15.7. The van der Waals surface area contributed by atoms with Gasteiger partial charge in [0, 0.05) is 23.2 Å². The van der Waals surface area contributed by atoms with Crippen LogP contribution < -0.4 is 20.1 Å². The average Bonchev–Trinajstić information content (AvgIpc) is 2.67. The molecule has 2 rings (SSSR count). The smallest absolute Gasteiger partial charge is 0.257 e. The number of likely N-dealkylation sites (N-methyl/N-ethyl adjacent to an activating group) is 1. The van der Waals surface area contributed by atoms with Crippen molar-refractivity contribution in [1.82, 2.24) is 5.32 Å². The maximum Gasteiger partial charge on any atom is 0.257 e. The predicted molar refractivity (Wildman–Crippen MR) is 108 cm³/mol. The molecule has 0 aliphatic carbocycles. The zero-order chi connectivity index (χ0) is 19.6. The van der Waals surface area contributed by atoms with Crippen LogP contribution in [0.2, 0.25) is 0 Å². The molecule has 7 heteroatoms. The standard InChI is InChI=1S/C20H24N2O4S/c1-4-21-19(23)13-26-17-7-5-6-15(12-17)22-20(24)14(2)27-18-10-8-16(25-3)9-11-18/h5-12,14H,4,13H2,1-3H3,(H,21,23)(H,22,24). The van der Waals surface area contributed by atoms with Gasteiger partial charge in [0.2, 0.25) is 5.91 Å². The van der Waals surface area contributed by atoms with Crippen LogP contribution in [0.5, 0.6) is 11.5 Å². The molecule has 0 spiro atoms. The van der Waals surface area contributed by atoms with Crippen molar-refractivity contribution in [3.8, 4) is 11.5 Å². The number of nitrogens with one attached hydrogen (secondary N) is 2. The first-order valence-corrected chi connectivity index (χ1v) is 9.51. The van der Waals surface area contributed by atoms with E-state index in [0.29, 0.717) is 18.0 Å². The van der Waals surface area contributed by atoms with E-state index in [1.807, 2.05) is 38.1 Å². The maximum atomic E-state index is 12.4. The zero-order valence-corrected chi connectivity index (χ0v) is 16.5. The Balaban J connectivity index is 1.90. The highest BCUT2D eigenvalue weighted by molar-refractivity contribution is 8.00. The van der Waals surface area contributed by atoms with Gasteiger partial charge in [-0.25, -0.2) is 0 Å². The molecule has 0 fully saturated rings. The number of amides is 2. The molecular weight excluding hydrogens is 364 g/mol. The highest BCUT2D eigenvalue weighted by Gasteiger charge is 2.15. The molecule has 0 heterocycles. The number of hydrogen-bond acceptors (Lipinski definition) is 5. The number of ether oxygens (including phenoxy) is 2. The quantitative estimate of drug-likeness (QED) is 0.645. The van der Waals surface area contributed by atoms with Gasteiger partial charge >= 0.3 is 0 Å². The molecule has 2 amide bonds. The summed E-state index contributed by atoms with van der Waals surface area (Å²) in [6.07, 6.45) is 0. The molecule has 2 aromatic carbocycles. The molecule has 0 saturated heterocycles. The summed E-state index contributed by atoms with van der Waals surface area (Å²) >= 11 is 1.46. The molecule has 0 aromatic heterocycles. The number of hydrogen-bond donors (Lipinski definition) is 2. The van der Waals surface area contributed by atoms with Crippen LogP contribution in [-0.2, 0) is 9.59 Å². The van der Waals surface area contributed by atoms with Crippen molar-refractivity contribution >= 4 is 29.3 Å². The molecule has 2 aromatic rings. The summed E-state index contributed by atoms with van der Waals surface area (Å²) in [7, 11) is 1.62. The molecule has 0 bridgehead atoms. The Morgan fingerprint density at radius 3 is 2.52 bits per heavy atom. The van der Waals surface area contributed by atoms with Crippen molar-refractivity contribution in [2.24, 2.45) is 0 Å². The van der Waals surface area contributed by atoms with Gasteiger partial charge in [0.05, 0.1) is 12.4 Å². The molecular formula is C20H24N2O4S. The van der Waals surface area contributed by atoms with Crippen molar-refractivity contribution in [3.05, 3.63) is 48.5 Å². The lowest BCUT2D eigenvalue weighted by Crippen LogP contribution is -2.28. The highest BCUT2D eigenvalue weighted by atomic mass is 32.2. The fourth-order valence-corrected chi connectivity index (χ4v) is 3.08. The molecule has 1 unspecified atom stereocenters. The number of carbonyl (C=O) groups excluding carboxylic acids is 2. The summed E-state index contributed by atoms with van der Waals surface area (Å²) in [4.78, 5) is 24.9. The van der Waals surface area contributed by atoms with Crippen molar-refractivity contribution in [3.63, 3.8) is 0 Å². The average molecular weight is 388 g/mol. The summed E-state index contributed by atoms with van der Waals surface area (Å²) < 4.78 is 10.6. The Bertz CT molecular complexity index is 765. The second-order valence-corrected chi connectivity index (χ2v) is 7.11. The van der Waals surface area contributed by atoms with Gasteiger partial charge in [0.25, 0.3) is 5.91 Å². The number of rotatable bonds is 9. The molecule has 0 radical (unpaired) electrons. The number of methoxy groups -OCH3 is 1. The first kappa shape index (κ1) is 20.6. The van der Waals surface area contributed by atoms with Crippen molar-refractivity contribution in [2.75, 3.05) is 25.6 Å². The van der Waals surface area contributed by atoms with E-state index in [0.717, 1.165) is 10.6 Å². The largest absolute Gasteiger partial charge is 0.497 e. The lowest BCUT2D eigenvalue weighted by atomic mass is 10.3. The van der Waals surface area contributed by atoms with Crippen molar-refractivity contribution in [1.29, 1.82) is 0 Å². The fraction of sp³-hybridized carbons (Fsp3) is 0.300. The van der Waals surface area contributed by atoms with Crippen LogP contribution in [0.1, 0.15) is 13.8 Å². The fourth-order valence-electron chi connectivity index (χ4n) is 2.22. The van der Waals surface area contributed by atoms with Gasteiger partial charge in [-0.15, -0.1) is 11.8 Å². The van der Waals surface area contributed by atoms with Crippen LogP contribution in [0.25, 0.3) is 0 Å². The van der Waals surface area contributed by atoms with Gasteiger partial charge in [-0.2, -0.15) is 0 Å². The summed E-state index contributed by atoms with van der Waals surface area (Å²) in [5.41, 5.74) is 0.621. The first-order valence-electron chi connectivity index (χ1n) is 8.63. The van der Waals surface area contributed by atoms with Crippen LogP contribution in [-0.4, -0.2) is 37.3 Å². The van der Waals surface area contributed by atoms with E-state index in [4.69, 9.17) is 9.47 Å². The van der Waals surface area contributed by atoms with Gasteiger partial charge < -0.3 is 20.1 Å². The van der Waals surface area contributed by atoms with Crippen LogP contribution in [0.15, 0.2) is 53.4 Å². The molecule has 1 atom stereocenters. The number of thioether (sulfide) groups is 1. The Labute approximate surface area is 163 Å². The van der Waals surface area contributed by atoms with E-state index in [1.54, 1.807) is 31.4 Å². The van der Waals surface area contributed by atoms with Gasteiger partial charge in [0.15, 0.2) is 6.61 Å². The second-order valence-electron chi connectivity index (χ2n) is 5.69. The summed E-state index contributed by atoms with van der Waals surface area (Å²) in [6, 6.07) is 14.6. The Morgan fingerprint density at radius 1 is 1.11 bits per heavy atom. The lowest BCUT2D eigenvalue weighted by Gasteiger charge is -2.13. The Morgan fingerprint density at radius 2 is 1.85 bits per heavy atom. The molecule has 27 heavy (non-hydrogen) atoms. The van der Waals surface area contributed by atoms with Gasteiger partial charge in [0.1, 0.15) is 11.5 Å². The minimum absolute atomic E-state index is 0.0606. The Hall–Kier alpha value is -2.67. The van der Waals surface area contributed by atoms with Crippen LogP contribution >= 0.6 is 11.8 Å². The van der Waals surface area contributed by atoms with E-state index >= 15 is 0 Å². The van der Waals surface area contributed by atoms with E-state index in [2.05, 4.69) is 10.6 Å². The first-order chi connectivity index (χ1) is 13.0. The maximum absolute atomic E-state index is 12.4. The van der Waals surface area contributed by atoms with Crippen LogP contribution in [0, 0.1) is 0 Å². The van der Waals surface area contributed by atoms with Gasteiger partial charge in [-0.3, -0.25) is 9.59 Å². The van der Waals surface area contributed by atoms with Gasteiger partial charge in [-0.1, -0.05) is 6.07 Å².